The summed E-state index contributed by atoms with van der Waals surface area (Å²) in [5.74, 6) is 4.28. The Bertz CT molecular complexity index is 1690. The van der Waals surface area contributed by atoms with E-state index in [9.17, 15) is 0 Å². The van der Waals surface area contributed by atoms with Crippen LogP contribution in [0.1, 0.15) is 24.0 Å². The topological polar surface area (TPSA) is 131 Å². The van der Waals surface area contributed by atoms with Crippen LogP contribution in [-0.2, 0) is 19.5 Å². The van der Waals surface area contributed by atoms with Gasteiger partial charge in [0.05, 0.1) is 25.5 Å². The van der Waals surface area contributed by atoms with E-state index >= 15 is 0 Å². The zero-order valence-electron chi connectivity index (χ0n) is 21.2. The normalized spacial score (nSPS) is 16.4. The smallest absolute Gasteiger partial charge is 0.257 e. The van der Waals surface area contributed by atoms with Gasteiger partial charge in [-0.15, -0.1) is 0 Å². The SMILES string of the molecule is Cc1c(-c2cc3cc(Nc4cc5n(n4)Cc4nccn4CC5)ncc3c(N)n2)cnc2c1OC[C@@H](C)CO2. The summed E-state index contributed by atoms with van der Waals surface area (Å²) in [6.45, 7) is 6.76. The van der Waals surface area contributed by atoms with Crippen LogP contribution in [0.15, 0.2) is 43.0 Å². The number of pyridine rings is 3. The summed E-state index contributed by atoms with van der Waals surface area (Å²) in [5, 5.41) is 9.80. The van der Waals surface area contributed by atoms with Crippen molar-refractivity contribution in [2.75, 3.05) is 24.3 Å². The van der Waals surface area contributed by atoms with E-state index in [2.05, 4.69) is 42.8 Å². The van der Waals surface area contributed by atoms with Gasteiger partial charge in [-0.1, -0.05) is 6.92 Å². The van der Waals surface area contributed by atoms with Gasteiger partial charge in [-0.2, -0.15) is 5.10 Å². The number of nitrogen functional groups attached to an aromatic ring is 1. The molecule has 11 nitrogen and oxygen atoms in total. The third-order valence-corrected chi connectivity index (χ3v) is 7.11. The van der Waals surface area contributed by atoms with Gasteiger partial charge in [-0.05, 0) is 24.4 Å². The Balaban J connectivity index is 1.21. The summed E-state index contributed by atoms with van der Waals surface area (Å²) in [6.07, 6.45) is 8.24. The molecule has 2 aliphatic rings. The van der Waals surface area contributed by atoms with Gasteiger partial charge in [-0.25, -0.2) is 19.9 Å². The molecule has 0 aliphatic carbocycles. The van der Waals surface area contributed by atoms with Gasteiger partial charge in [0.1, 0.15) is 17.5 Å². The lowest BCUT2D eigenvalue weighted by atomic mass is 10.0. The molecule has 1 atom stereocenters. The minimum atomic E-state index is 0.286. The van der Waals surface area contributed by atoms with E-state index in [-0.39, 0.29) is 5.92 Å². The Kier molecular flexibility index (Phi) is 5.17. The van der Waals surface area contributed by atoms with Crippen molar-refractivity contribution in [1.29, 1.82) is 0 Å². The lowest BCUT2D eigenvalue weighted by Crippen LogP contribution is -2.12. The number of rotatable bonds is 3. The summed E-state index contributed by atoms with van der Waals surface area (Å²) in [5.41, 5.74) is 10.00. The maximum atomic E-state index is 6.37. The lowest BCUT2D eigenvalue weighted by molar-refractivity contribution is 0.225. The number of aromatic nitrogens is 7. The number of anilines is 3. The van der Waals surface area contributed by atoms with Gasteiger partial charge < -0.3 is 25.1 Å². The molecular weight excluding hydrogens is 482 g/mol. The van der Waals surface area contributed by atoms with Crippen molar-refractivity contribution in [2.24, 2.45) is 5.92 Å². The average molecular weight is 510 g/mol. The molecule has 7 rings (SSSR count). The first kappa shape index (κ1) is 22.5. The minimum absolute atomic E-state index is 0.286. The molecule has 0 spiro atoms. The largest absolute Gasteiger partial charge is 0.487 e. The van der Waals surface area contributed by atoms with Crippen molar-refractivity contribution in [2.45, 2.75) is 33.4 Å². The molecule has 5 aromatic rings. The quantitative estimate of drug-likeness (QED) is 0.373. The summed E-state index contributed by atoms with van der Waals surface area (Å²) in [4.78, 5) is 18.2. The van der Waals surface area contributed by atoms with Crippen LogP contribution in [0.5, 0.6) is 11.6 Å². The highest BCUT2D eigenvalue weighted by atomic mass is 16.5. The molecule has 0 fully saturated rings. The molecule has 2 aliphatic heterocycles. The van der Waals surface area contributed by atoms with Crippen LogP contribution < -0.4 is 20.5 Å². The molecule has 38 heavy (non-hydrogen) atoms. The van der Waals surface area contributed by atoms with Gasteiger partial charge in [0.25, 0.3) is 5.88 Å². The standard InChI is InChI=1S/C27H27N9O2/c1-15-13-37-25-16(2)19(10-31-27(25)38-14-15)21-7-17-8-22(30-11-20(17)26(28)32-21)33-23-9-18-3-5-35-6-4-29-24(35)12-36(18)34-23/h4,6-11,15H,3,5,12-14H2,1-2H3,(H2,28,32)(H,30,33,34)/t15-/m1/s1. The summed E-state index contributed by atoms with van der Waals surface area (Å²) >= 11 is 0. The molecule has 0 saturated carbocycles. The van der Waals surface area contributed by atoms with E-state index < -0.39 is 0 Å². The number of imidazole rings is 1. The van der Waals surface area contributed by atoms with Crippen molar-refractivity contribution >= 4 is 28.2 Å². The predicted octanol–water partition coefficient (Wildman–Crippen LogP) is 3.73. The fourth-order valence-corrected chi connectivity index (χ4v) is 5.02. The number of fused-ring (bicyclic) bond motifs is 4. The summed E-state index contributed by atoms with van der Waals surface area (Å²) in [7, 11) is 0. The number of aryl methyl sites for hydroxylation is 2. The monoisotopic (exact) mass is 509 g/mol. The fraction of sp³-hybridized carbons (Fsp3) is 0.296. The van der Waals surface area contributed by atoms with Crippen LogP contribution in [0, 0.1) is 12.8 Å². The molecule has 0 saturated heterocycles. The maximum absolute atomic E-state index is 6.37. The van der Waals surface area contributed by atoms with Crippen molar-refractivity contribution in [3.63, 3.8) is 0 Å². The van der Waals surface area contributed by atoms with Gasteiger partial charge in [0.15, 0.2) is 11.6 Å². The molecule has 5 aromatic heterocycles. The van der Waals surface area contributed by atoms with Gasteiger partial charge in [-0.3, -0.25) is 4.68 Å². The molecule has 7 heterocycles. The van der Waals surface area contributed by atoms with E-state index in [1.54, 1.807) is 12.4 Å². The van der Waals surface area contributed by atoms with Gasteiger partial charge >= 0.3 is 0 Å². The van der Waals surface area contributed by atoms with Crippen LogP contribution in [-0.4, -0.2) is 47.5 Å². The molecule has 3 N–H and O–H groups in total. The first-order valence-electron chi connectivity index (χ1n) is 12.7. The molecular formula is C27H27N9O2. The van der Waals surface area contributed by atoms with E-state index in [4.69, 9.17) is 20.3 Å². The van der Waals surface area contributed by atoms with Crippen LogP contribution in [0.3, 0.4) is 0 Å². The molecule has 0 radical (unpaired) electrons. The van der Waals surface area contributed by atoms with Crippen molar-refractivity contribution in [1.82, 2.24) is 34.3 Å². The second kappa shape index (κ2) is 8.72. The van der Waals surface area contributed by atoms with E-state index in [1.807, 2.05) is 36.1 Å². The van der Waals surface area contributed by atoms with Crippen LogP contribution >= 0.6 is 0 Å². The van der Waals surface area contributed by atoms with Crippen LogP contribution in [0.4, 0.5) is 17.5 Å². The van der Waals surface area contributed by atoms with Crippen LogP contribution in [0.25, 0.3) is 22.0 Å². The molecule has 0 unspecified atom stereocenters. The lowest BCUT2D eigenvalue weighted by Gasteiger charge is -2.14. The molecule has 0 amide bonds. The number of hydrogen-bond acceptors (Lipinski definition) is 9. The Morgan fingerprint density at radius 2 is 1.95 bits per heavy atom. The zero-order valence-corrected chi connectivity index (χ0v) is 21.2. The number of nitrogens with two attached hydrogens (primary N) is 1. The van der Waals surface area contributed by atoms with Gasteiger partial charge in [0, 0.05) is 71.9 Å². The zero-order chi connectivity index (χ0) is 25.8. The predicted molar refractivity (Wildman–Crippen MR) is 143 cm³/mol. The van der Waals surface area contributed by atoms with E-state index in [0.29, 0.717) is 48.7 Å². The molecule has 192 valence electrons. The molecule has 0 aromatic carbocycles. The summed E-state index contributed by atoms with van der Waals surface area (Å²) in [6, 6.07) is 6.03. The molecule has 11 heteroatoms. The second-order valence-electron chi connectivity index (χ2n) is 9.93. The maximum Gasteiger partial charge on any atom is 0.257 e. The Morgan fingerprint density at radius 3 is 2.87 bits per heavy atom. The third kappa shape index (κ3) is 3.87. The molecule has 0 bridgehead atoms. The van der Waals surface area contributed by atoms with Crippen molar-refractivity contribution in [3.8, 4) is 22.9 Å². The number of ether oxygens (including phenoxy) is 2. The highest BCUT2D eigenvalue weighted by Crippen LogP contribution is 2.38. The minimum Gasteiger partial charge on any atom is -0.487 e. The van der Waals surface area contributed by atoms with Gasteiger partial charge in [0.2, 0.25) is 0 Å². The highest BCUT2D eigenvalue weighted by molar-refractivity contribution is 5.95. The average Bonchev–Trinajstić information content (AvgIpc) is 3.41. The van der Waals surface area contributed by atoms with Crippen molar-refractivity contribution < 1.29 is 9.47 Å². The second-order valence-corrected chi connectivity index (χ2v) is 9.93. The van der Waals surface area contributed by atoms with E-state index in [1.165, 1.54) is 0 Å². The number of nitrogens with zero attached hydrogens (tertiary/aromatic N) is 7. The number of nitrogens with one attached hydrogen (secondary N) is 1. The summed E-state index contributed by atoms with van der Waals surface area (Å²) < 4.78 is 16.0. The Labute approximate surface area is 218 Å². The van der Waals surface area contributed by atoms with Crippen LogP contribution in [0.2, 0.25) is 0 Å². The first-order chi connectivity index (χ1) is 18.5. The number of hydrogen-bond donors (Lipinski definition) is 2. The van der Waals surface area contributed by atoms with E-state index in [0.717, 1.165) is 52.2 Å². The van der Waals surface area contributed by atoms with Crippen molar-refractivity contribution in [3.05, 3.63) is 60.1 Å². The first-order valence-corrected chi connectivity index (χ1v) is 12.7. The fourth-order valence-electron chi connectivity index (χ4n) is 5.02. The third-order valence-electron chi connectivity index (χ3n) is 7.11. The Hall–Kier alpha value is -4.67. The Morgan fingerprint density at radius 1 is 1.05 bits per heavy atom. The highest BCUT2D eigenvalue weighted by Gasteiger charge is 2.22.